The van der Waals surface area contributed by atoms with Gasteiger partial charge in [0.1, 0.15) is 5.54 Å². The number of piperidine rings is 1. The van der Waals surface area contributed by atoms with Crippen molar-refractivity contribution >= 4 is 6.03 Å². The lowest BCUT2D eigenvalue weighted by molar-refractivity contribution is -0.143. The van der Waals surface area contributed by atoms with E-state index in [-0.39, 0.29) is 30.8 Å². The van der Waals surface area contributed by atoms with E-state index in [9.17, 15) is 31.1 Å². The molecule has 2 aromatic carbocycles. The maximum Gasteiger partial charge on any atom is 0.416 e. The van der Waals surface area contributed by atoms with Crippen LogP contribution >= 0.6 is 0 Å². The number of urea groups is 1. The average molecular weight is 530 g/mol. The molecule has 202 valence electrons. The molecule has 0 aliphatic carbocycles. The molecule has 5 nitrogen and oxygen atoms in total. The van der Waals surface area contributed by atoms with Crippen LogP contribution in [0.15, 0.2) is 48.5 Å². The molecule has 11 heteroatoms. The molecule has 2 fully saturated rings. The summed E-state index contributed by atoms with van der Waals surface area (Å²) in [5, 5.41) is 2.96. The molecular weight excluding hydrogens is 500 g/mol. The number of nitrogens with zero attached hydrogens (tertiary/aromatic N) is 2. The molecule has 2 aromatic rings. The van der Waals surface area contributed by atoms with Gasteiger partial charge in [0, 0.05) is 13.1 Å². The summed E-state index contributed by atoms with van der Waals surface area (Å²) in [6, 6.07) is 10.1. The van der Waals surface area contributed by atoms with Gasteiger partial charge >= 0.3 is 18.4 Å². The van der Waals surface area contributed by atoms with Crippen LogP contribution in [0.1, 0.15) is 41.5 Å². The summed E-state index contributed by atoms with van der Waals surface area (Å²) in [6.07, 6.45) is -6.42. The van der Waals surface area contributed by atoms with Crippen molar-refractivity contribution in [2.75, 3.05) is 39.3 Å². The second kappa shape index (κ2) is 10.9. The van der Waals surface area contributed by atoms with E-state index in [1.807, 2.05) is 18.2 Å². The Morgan fingerprint density at radius 2 is 1.49 bits per heavy atom. The third-order valence-corrected chi connectivity index (χ3v) is 6.82. The highest BCUT2D eigenvalue weighted by Crippen LogP contribution is 2.37. The minimum atomic E-state index is -4.93. The number of hydrogen-bond acceptors (Lipinski definition) is 3. The summed E-state index contributed by atoms with van der Waals surface area (Å²) < 4.78 is 85.0. The van der Waals surface area contributed by atoms with E-state index in [1.165, 1.54) is 6.42 Å². The molecule has 1 N–H and O–H groups in total. The Balaban J connectivity index is 1.49. The minimum Gasteiger partial charge on any atom is -0.374 e. The normalized spacial score (nSPS) is 21.4. The standard InChI is InChI=1S/C26H29F6N3O2/c27-25(28,29)21-13-19(14-22(15-21)26(30,31)32)16-37-18-24(20-7-3-1-4-8-20)17-35(23(36)33-24)12-11-34-9-5-2-6-10-34/h1,3-4,7-8,13-15H,2,5-6,9-12,16-18H2,(H,33,36). The smallest absolute Gasteiger partial charge is 0.374 e. The van der Waals surface area contributed by atoms with E-state index in [2.05, 4.69) is 10.2 Å². The zero-order valence-corrected chi connectivity index (χ0v) is 20.2. The summed E-state index contributed by atoms with van der Waals surface area (Å²) in [6.45, 7) is 2.86. The quantitative estimate of drug-likeness (QED) is 0.450. The van der Waals surface area contributed by atoms with Gasteiger partial charge in [0.25, 0.3) is 0 Å². The number of halogens is 6. The molecule has 2 aliphatic heterocycles. The van der Waals surface area contributed by atoms with E-state index in [4.69, 9.17) is 4.74 Å². The van der Waals surface area contributed by atoms with Crippen LogP contribution in [0.3, 0.4) is 0 Å². The van der Waals surface area contributed by atoms with Gasteiger partial charge in [-0.2, -0.15) is 26.3 Å². The van der Waals surface area contributed by atoms with Crippen molar-refractivity contribution in [1.29, 1.82) is 0 Å². The zero-order chi connectivity index (χ0) is 26.7. The highest BCUT2D eigenvalue weighted by Gasteiger charge is 2.44. The molecule has 37 heavy (non-hydrogen) atoms. The fraction of sp³-hybridized carbons (Fsp3) is 0.500. The first-order chi connectivity index (χ1) is 17.5. The van der Waals surface area contributed by atoms with Crippen molar-refractivity contribution in [1.82, 2.24) is 15.1 Å². The number of amides is 2. The van der Waals surface area contributed by atoms with Gasteiger partial charge in [-0.15, -0.1) is 0 Å². The number of carbonyl (C=O) groups is 1. The molecule has 0 aromatic heterocycles. The van der Waals surface area contributed by atoms with Crippen LogP contribution in [-0.4, -0.2) is 55.2 Å². The first-order valence-electron chi connectivity index (χ1n) is 12.2. The van der Waals surface area contributed by atoms with Gasteiger partial charge in [-0.25, -0.2) is 4.79 Å². The fourth-order valence-electron chi connectivity index (χ4n) is 4.88. The number of likely N-dealkylation sites (tertiary alicyclic amines) is 1. The first kappa shape index (κ1) is 27.3. The number of rotatable bonds is 8. The van der Waals surface area contributed by atoms with Crippen LogP contribution in [0.2, 0.25) is 0 Å². The Morgan fingerprint density at radius 1 is 0.865 bits per heavy atom. The largest absolute Gasteiger partial charge is 0.416 e. The number of ether oxygens (including phenoxy) is 1. The molecule has 2 amide bonds. The zero-order valence-electron chi connectivity index (χ0n) is 20.2. The summed E-state index contributed by atoms with van der Waals surface area (Å²) >= 11 is 0. The van der Waals surface area contributed by atoms with Gasteiger partial charge in [0.05, 0.1) is 30.9 Å². The summed E-state index contributed by atoms with van der Waals surface area (Å²) in [4.78, 5) is 16.9. The second-order valence-corrected chi connectivity index (χ2v) is 9.61. The molecule has 0 bridgehead atoms. The predicted molar refractivity (Wildman–Crippen MR) is 125 cm³/mol. The fourth-order valence-corrected chi connectivity index (χ4v) is 4.88. The van der Waals surface area contributed by atoms with Gasteiger partial charge in [-0.3, -0.25) is 0 Å². The Bertz CT molecular complexity index is 1040. The van der Waals surface area contributed by atoms with Crippen LogP contribution < -0.4 is 5.32 Å². The maximum atomic E-state index is 13.2. The lowest BCUT2D eigenvalue weighted by Crippen LogP contribution is -2.44. The molecule has 0 saturated carbocycles. The van der Waals surface area contributed by atoms with Crippen molar-refractivity contribution in [3.63, 3.8) is 0 Å². The Labute approximate surface area is 211 Å². The van der Waals surface area contributed by atoms with Crippen molar-refractivity contribution in [3.05, 3.63) is 70.8 Å². The molecule has 1 unspecified atom stereocenters. The third kappa shape index (κ3) is 6.75. The monoisotopic (exact) mass is 529 g/mol. The highest BCUT2D eigenvalue weighted by atomic mass is 19.4. The van der Waals surface area contributed by atoms with Gasteiger partial charge < -0.3 is 19.9 Å². The van der Waals surface area contributed by atoms with Gasteiger partial charge in [0.15, 0.2) is 0 Å². The van der Waals surface area contributed by atoms with E-state index < -0.39 is 35.6 Å². The Morgan fingerprint density at radius 3 is 2.08 bits per heavy atom. The van der Waals surface area contributed by atoms with E-state index >= 15 is 0 Å². The maximum absolute atomic E-state index is 13.2. The first-order valence-corrected chi connectivity index (χ1v) is 12.2. The van der Waals surface area contributed by atoms with Crippen molar-refractivity contribution in [2.45, 2.75) is 43.8 Å². The predicted octanol–water partition coefficient (Wildman–Crippen LogP) is 5.65. The van der Waals surface area contributed by atoms with Crippen molar-refractivity contribution in [2.24, 2.45) is 0 Å². The SMILES string of the molecule is O=C1NC(COCc2cc(C(F)(F)F)cc(C(F)(F)F)c2)(c2ccccc2)CN1CCN1CCCCC1. The average Bonchev–Trinajstić information content (AvgIpc) is 3.19. The highest BCUT2D eigenvalue weighted by molar-refractivity contribution is 5.78. The summed E-state index contributed by atoms with van der Waals surface area (Å²) in [5.41, 5.74) is -3.29. The molecule has 2 heterocycles. The van der Waals surface area contributed by atoms with Crippen molar-refractivity contribution in [3.8, 4) is 0 Å². The Hall–Kier alpha value is -2.79. The number of carbonyl (C=O) groups excluding carboxylic acids is 1. The van der Waals surface area contributed by atoms with Crippen LogP contribution in [-0.2, 0) is 29.2 Å². The summed E-state index contributed by atoms with van der Waals surface area (Å²) in [5.74, 6) is 0. The number of nitrogens with one attached hydrogen (secondary N) is 1. The van der Waals surface area contributed by atoms with Gasteiger partial charge in [-0.1, -0.05) is 36.8 Å². The van der Waals surface area contributed by atoms with Crippen LogP contribution in [0.5, 0.6) is 0 Å². The second-order valence-electron chi connectivity index (χ2n) is 9.61. The minimum absolute atomic E-state index is 0.0897. The topological polar surface area (TPSA) is 44.8 Å². The van der Waals surface area contributed by atoms with Gasteiger partial charge in [0.2, 0.25) is 0 Å². The van der Waals surface area contributed by atoms with E-state index in [0.29, 0.717) is 18.7 Å². The van der Waals surface area contributed by atoms with Crippen molar-refractivity contribution < 1.29 is 35.9 Å². The van der Waals surface area contributed by atoms with E-state index in [1.54, 1.807) is 17.0 Å². The number of alkyl halides is 6. The Kier molecular flexibility index (Phi) is 8.03. The molecule has 0 spiro atoms. The number of hydrogen-bond donors (Lipinski definition) is 1. The number of benzene rings is 2. The van der Waals surface area contributed by atoms with E-state index in [0.717, 1.165) is 38.0 Å². The van der Waals surface area contributed by atoms with Crippen LogP contribution in [0.4, 0.5) is 31.1 Å². The lowest BCUT2D eigenvalue weighted by atomic mass is 9.91. The van der Waals surface area contributed by atoms with Crippen LogP contribution in [0.25, 0.3) is 0 Å². The molecule has 2 saturated heterocycles. The molecule has 1 atom stereocenters. The van der Waals surface area contributed by atoms with Gasteiger partial charge in [-0.05, 0) is 55.3 Å². The summed E-state index contributed by atoms with van der Waals surface area (Å²) in [7, 11) is 0. The molecule has 2 aliphatic rings. The van der Waals surface area contributed by atoms with Crippen LogP contribution in [0, 0.1) is 0 Å². The molecular formula is C26H29F6N3O2. The molecule has 0 radical (unpaired) electrons. The lowest BCUT2D eigenvalue weighted by Gasteiger charge is -2.30. The third-order valence-electron chi connectivity index (χ3n) is 6.82. The molecule has 4 rings (SSSR count).